The van der Waals surface area contributed by atoms with Crippen LogP contribution in [0, 0.1) is 0 Å². The van der Waals surface area contributed by atoms with Gasteiger partial charge in [0.2, 0.25) is 0 Å². The van der Waals surface area contributed by atoms with Gasteiger partial charge in [-0.2, -0.15) is 0 Å². The fourth-order valence-electron chi connectivity index (χ4n) is 0.353. The van der Waals surface area contributed by atoms with Crippen molar-refractivity contribution in [2.75, 3.05) is 0 Å². The molecule has 0 amide bonds. The van der Waals surface area contributed by atoms with E-state index in [4.69, 9.17) is 4.80 Å². The molecular formula is C5H12KOSi. The molecular weight excluding hydrogens is 143 g/mol. The molecule has 43 valence electrons. The van der Waals surface area contributed by atoms with Crippen molar-refractivity contribution >= 4 is 59.7 Å². The molecule has 0 aliphatic carbocycles. The van der Waals surface area contributed by atoms with Crippen LogP contribution in [-0.4, -0.2) is 64.5 Å². The molecule has 0 spiro atoms. The zero-order valence-corrected chi connectivity index (χ0v) is 10.1. The molecule has 0 saturated heterocycles. The Morgan fingerprint density at radius 1 is 1.62 bits per heavy atom. The minimum absolute atomic E-state index is 0. The van der Waals surface area contributed by atoms with Crippen LogP contribution in [0.4, 0.5) is 0 Å². The molecule has 0 aromatic heterocycles. The molecule has 0 aliphatic rings. The molecule has 0 rings (SSSR count). The second-order valence-corrected chi connectivity index (χ2v) is 6.34. The van der Waals surface area contributed by atoms with Crippen molar-refractivity contribution in [1.29, 1.82) is 0 Å². The van der Waals surface area contributed by atoms with Crippen LogP contribution < -0.4 is 0 Å². The Balaban J connectivity index is 0. The van der Waals surface area contributed by atoms with E-state index in [1.54, 1.807) is 6.08 Å². The molecule has 0 aliphatic heterocycles. The first-order valence-corrected chi connectivity index (χ1v) is 5.55. The van der Waals surface area contributed by atoms with Gasteiger partial charge in [0.1, 0.15) is 0 Å². The van der Waals surface area contributed by atoms with E-state index < -0.39 is 8.32 Å². The molecule has 0 aromatic carbocycles. The molecule has 1 N–H and O–H groups in total. The SMILES string of the molecule is C=CC[Si](C)(C)O.[K]. The number of rotatable bonds is 2. The van der Waals surface area contributed by atoms with Gasteiger partial charge in [0.15, 0.2) is 8.32 Å². The van der Waals surface area contributed by atoms with Gasteiger partial charge >= 0.3 is 0 Å². The van der Waals surface area contributed by atoms with E-state index in [1.807, 2.05) is 13.1 Å². The Bertz CT molecular complexity index is 67.3. The number of hydrogen-bond donors (Lipinski definition) is 1. The standard InChI is InChI=1S/C5H12OSi.K/c1-4-5-7(2,3)6;/h4,6H,1,5H2,2-3H3;. The molecule has 0 aromatic rings. The third-order valence-electron chi connectivity index (χ3n) is 0.644. The molecule has 1 radical (unpaired) electrons. The average Bonchev–Trinajstić information content (AvgIpc) is 1.30. The summed E-state index contributed by atoms with van der Waals surface area (Å²) in [5.74, 6) is 0. The Labute approximate surface area is 94.7 Å². The molecule has 0 bridgehead atoms. The van der Waals surface area contributed by atoms with Crippen molar-refractivity contribution in [1.82, 2.24) is 0 Å². The van der Waals surface area contributed by atoms with Crippen molar-refractivity contribution in [3.63, 3.8) is 0 Å². The van der Waals surface area contributed by atoms with Gasteiger partial charge in [-0.3, -0.25) is 0 Å². The Morgan fingerprint density at radius 3 is 2.00 bits per heavy atom. The van der Waals surface area contributed by atoms with E-state index in [2.05, 4.69) is 6.58 Å². The maximum atomic E-state index is 9.09. The molecule has 0 heterocycles. The van der Waals surface area contributed by atoms with E-state index in [9.17, 15) is 0 Å². The Hall–Kier alpha value is 1.55. The van der Waals surface area contributed by atoms with E-state index in [0.717, 1.165) is 6.04 Å². The van der Waals surface area contributed by atoms with Crippen LogP contribution >= 0.6 is 0 Å². The van der Waals surface area contributed by atoms with Crippen LogP contribution in [0.2, 0.25) is 19.1 Å². The van der Waals surface area contributed by atoms with Crippen molar-refractivity contribution in [3.05, 3.63) is 12.7 Å². The monoisotopic (exact) mass is 155 g/mol. The van der Waals surface area contributed by atoms with Gasteiger partial charge in [0.05, 0.1) is 0 Å². The maximum Gasteiger partial charge on any atom is 0.186 e. The largest absolute Gasteiger partial charge is 0.432 e. The molecule has 0 fully saturated rings. The van der Waals surface area contributed by atoms with Crippen LogP contribution in [0.25, 0.3) is 0 Å². The maximum absolute atomic E-state index is 9.09. The first-order chi connectivity index (χ1) is 3.06. The van der Waals surface area contributed by atoms with Crippen LogP contribution in [0.5, 0.6) is 0 Å². The fraction of sp³-hybridized carbons (Fsp3) is 0.600. The third kappa shape index (κ3) is 10.5. The molecule has 3 heteroatoms. The van der Waals surface area contributed by atoms with Gasteiger partial charge in [-0.15, -0.1) is 6.58 Å². The zero-order valence-electron chi connectivity index (χ0n) is 5.94. The molecule has 8 heavy (non-hydrogen) atoms. The van der Waals surface area contributed by atoms with Gasteiger partial charge in [0.25, 0.3) is 0 Å². The first kappa shape index (κ1) is 12.3. The second kappa shape index (κ2) is 5.35. The molecule has 0 saturated carbocycles. The van der Waals surface area contributed by atoms with Crippen LogP contribution in [-0.2, 0) is 0 Å². The van der Waals surface area contributed by atoms with Crippen molar-refractivity contribution < 1.29 is 4.80 Å². The number of allylic oxidation sites excluding steroid dienone is 1. The van der Waals surface area contributed by atoms with E-state index in [-0.39, 0.29) is 51.4 Å². The Morgan fingerprint density at radius 2 is 2.00 bits per heavy atom. The van der Waals surface area contributed by atoms with Gasteiger partial charge in [-0.05, 0) is 19.1 Å². The summed E-state index contributed by atoms with van der Waals surface area (Å²) in [6, 6.07) is 0.799. The first-order valence-electron chi connectivity index (χ1n) is 2.39. The third-order valence-corrected chi connectivity index (χ3v) is 1.93. The predicted molar refractivity (Wildman–Crippen MR) is 40.5 cm³/mol. The summed E-state index contributed by atoms with van der Waals surface area (Å²) in [7, 11) is -1.78. The van der Waals surface area contributed by atoms with Crippen molar-refractivity contribution in [2.24, 2.45) is 0 Å². The summed E-state index contributed by atoms with van der Waals surface area (Å²) in [5.41, 5.74) is 0. The topological polar surface area (TPSA) is 20.2 Å². The zero-order chi connectivity index (χ0) is 5.91. The number of hydrogen-bond acceptors (Lipinski definition) is 1. The summed E-state index contributed by atoms with van der Waals surface area (Å²) in [6.07, 6.45) is 1.77. The van der Waals surface area contributed by atoms with Gasteiger partial charge in [-0.25, -0.2) is 0 Å². The summed E-state index contributed by atoms with van der Waals surface area (Å²) in [5, 5.41) is 0. The molecule has 0 atom stereocenters. The average molecular weight is 155 g/mol. The summed E-state index contributed by atoms with van der Waals surface area (Å²) < 4.78 is 0. The van der Waals surface area contributed by atoms with Crippen molar-refractivity contribution in [3.8, 4) is 0 Å². The minimum atomic E-state index is -1.78. The molecule has 1 nitrogen and oxygen atoms in total. The van der Waals surface area contributed by atoms with Crippen LogP contribution in [0.3, 0.4) is 0 Å². The van der Waals surface area contributed by atoms with Gasteiger partial charge in [-0.1, -0.05) is 6.08 Å². The predicted octanol–water partition coefficient (Wildman–Crippen LogP) is 0.989. The minimum Gasteiger partial charge on any atom is -0.432 e. The molecule has 0 unspecified atom stereocenters. The van der Waals surface area contributed by atoms with Gasteiger partial charge < -0.3 is 4.80 Å². The van der Waals surface area contributed by atoms with Crippen LogP contribution in [0.1, 0.15) is 0 Å². The van der Waals surface area contributed by atoms with Crippen LogP contribution in [0.15, 0.2) is 12.7 Å². The summed E-state index contributed by atoms with van der Waals surface area (Å²) in [4.78, 5) is 9.09. The van der Waals surface area contributed by atoms with E-state index >= 15 is 0 Å². The van der Waals surface area contributed by atoms with E-state index in [1.165, 1.54) is 0 Å². The van der Waals surface area contributed by atoms with E-state index in [0.29, 0.717) is 0 Å². The van der Waals surface area contributed by atoms with Gasteiger partial charge in [0, 0.05) is 51.4 Å². The fourth-order valence-corrected chi connectivity index (χ4v) is 1.06. The summed E-state index contributed by atoms with van der Waals surface area (Å²) in [6.45, 7) is 7.32. The normalized spacial score (nSPS) is 9.88. The second-order valence-electron chi connectivity index (χ2n) is 2.31. The quantitative estimate of drug-likeness (QED) is 0.466. The Kier molecular flexibility index (Phi) is 8.19. The smallest absolute Gasteiger partial charge is 0.186 e. The summed E-state index contributed by atoms with van der Waals surface area (Å²) >= 11 is 0. The van der Waals surface area contributed by atoms with Crippen molar-refractivity contribution in [2.45, 2.75) is 19.1 Å².